The molecule has 1 aliphatic carbocycles. The molecule has 2 rings (SSSR count). The number of halogens is 1. The van der Waals surface area contributed by atoms with Gasteiger partial charge in [-0.15, -0.1) is 0 Å². The van der Waals surface area contributed by atoms with Crippen LogP contribution in [0.4, 0.5) is 4.39 Å². The van der Waals surface area contributed by atoms with Gasteiger partial charge in [-0.3, -0.25) is 0 Å². The summed E-state index contributed by atoms with van der Waals surface area (Å²) in [4.78, 5) is 0. The number of hydrogen-bond acceptors (Lipinski definition) is 1. The molecule has 2 heteroatoms. The third-order valence-electron chi connectivity index (χ3n) is 3.12. The van der Waals surface area contributed by atoms with Crippen molar-refractivity contribution in [3.63, 3.8) is 0 Å². The lowest BCUT2D eigenvalue weighted by atomic mass is 9.75. The van der Waals surface area contributed by atoms with Crippen molar-refractivity contribution in [3.05, 3.63) is 41.6 Å². The maximum atomic E-state index is 13.7. The van der Waals surface area contributed by atoms with Crippen LogP contribution in [0.25, 0.3) is 0 Å². The molecule has 0 heterocycles. The SMILES string of the molecule is CC(C)c1ccc(C2(O)C[CH]C2)cc1F. The van der Waals surface area contributed by atoms with Gasteiger partial charge in [-0.2, -0.15) is 0 Å². The van der Waals surface area contributed by atoms with Crippen LogP contribution in [0.15, 0.2) is 18.2 Å². The second-order valence-electron chi connectivity index (χ2n) is 4.62. The van der Waals surface area contributed by atoms with Crippen LogP contribution in [0.3, 0.4) is 0 Å². The molecule has 81 valence electrons. The van der Waals surface area contributed by atoms with Gasteiger partial charge >= 0.3 is 0 Å². The zero-order valence-corrected chi connectivity index (χ0v) is 9.13. The normalized spacial score (nSPS) is 19.0. The average molecular weight is 207 g/mol. The monoisotopic (exact) mass is 207 g/mol. The summed E-state index contributed by atoms with van der Waals surface area (Å²) in [6.45, 7) is 3.92. The van der Waals surface area contributed by atoms with Gasteiger partial charge in [-0.05, 0) is 42.4 Å². The summed E-state index contributed by atoms with van der Waals surface area (Å²) < 4.78 is 13.7. The van der Waals surface area contributed by atoms with Gasteiger partial charge in [0.25, 0.3) is 0 Å². The van der Waals surface area contributed by atoms with E-state index in [1.807, 2.05) is 26.3 Å². The maximum absolute atomic E-state index is 13.7. The molecule has 1 aliphatic rings. The zero-order chi connectivity index (χ0) is 11.1. The van der Waals surface area contributed by atoms with Gasteiger partial charge in [0.2, 0.25) is 0 Å². The molecular formula is C13H16FO. The van der Waals surface area contributed by atoms with E-state index in [1.54, 1.807) is 6.07 Å². The van der Waals surface area contributed by atoms with Gasteiger partial charge in [0.05, 0.1) is 5.60 Å². The van der Waals surface area contributed by atoms with Gasteiger partial charge in [-0.1, -0.05) is 26.0 Å². The molecule has 1 aromatic rings. The first kappa shape index (κ1) is 10.6. The van der Waals surface area contributed by atoms with E-state index >= 15 is 0 Å². The molecule has 1 nitrogen and oxygen atoms in total. The van der Waals surface area contributed by atoms with Crippen molar-refractivity contribution in [3.8, 4) is 0 Å². The van der Waals surface area contributed by atoms with Gasteiger partial charge in [0.1, 0.15) is 5.82 Å². The summed E-state index contributed by atoms with van der Waals surface area (Å²) in [6.07, 6.45) is 3.27. The highest BCUT2D eigenvalue weighted by Crippen LogP contribution is 2.40. The van der Waals surface area contributed by atoms with E-state index in [1.165, 1.54) is 6.07 Å². The number of benzene rings is 1. The Hall–Kier alpha value is -0.890. The lowest BCUT2D eigenvalue weighted by Gasteiger charge is -2.37. The molecule has 0 aliphatic heterocycles. The number of rotatable bonds is 2. The summed E-state index contributed by atoms with van der Waals surface area (Å²) >= 11 is 0. The molecular weight excluding hydrogens is 191 g/mol. The Kier molecular flexibility index (Phi) is 2.55. The summed E-state index contributed by atoms with van der Waals surface area (Å²) in [5, 5.41) is 10.0. The Bertz CT molecular complexity index is 367. The van der Waals surface area contributed by atoms with E-state index in [4.69, 9.17) is 0 Å². The fourth-order valence-electron chi connectivity index (χ4n) is 1.94. The fourth-order valence-corrected chi connectivity index (χ4v) is 1.94. The summed E-state index contributed by atoms with van der Waals surface area (Å²) in [6, 6.07) is 5.10. The Labute approximate surface area is 89.9 Å². The lowest BCUT2D eigenvalue weighted by Crippen LogP contribution is -2.34. The molecule has 15 heavy (non-hydrogen) atoms. The average Bonchev–Trinajstić information content (AvgIpc) is 2.13. The summed E-state index contributed by atoms with van der Waals surface area (Å²) in [5.74, 6) is -0.0236. The molecule has 1 fully saturated rings. The van der Waals surface area contributed by atoms with E-state index in [9.17, 15) is 9.50 Å². The largest absolute Gasteiger partial charge is 0.385 e. The predicted octanol–water partition coefficient (Wildman–Crippen LogP) is 3.13. The van der Waals surface area contributed by atoms with Crippen molar-refractivity contribution >= 4 is 0 Å². The Morgan fingerprint density at radius 3 is 2.40 bits per heavy atom. The van der Waals surface area contributed by atoms with Crippen LogP contribution in [0.2, 0.25) is 0 Å². The molecule has 0 saturated heterocycles. The van der Waals surface area contributed by atoms with Gasteiger partial charge in [0, 0.05) is 0 Å². The van der Waals surface area contributed by atoms with Crippen LogP contribution < -0.4 is 0 Å². The first-order chi connectivity index (χ1) is 7.03. The molecule has 1 radical (unpaired) electrons. The second kappa shape index (κ2) is 3.60. The van der Waals surface area contributed by atoms with Crippen LogP contribution >= 0.6 is 0 Å². The third kappa shape index (κ3) is 1.78. The Morgan fingerprint density at radius 1 is 1.33 bits per heavy atom. The van der Waals surface area contributed by atoms with Gasteiger partial charge in [-0.25, -0.2) is 4.39 Å². The van der Waals surface area contributed by atoms with Crippen molar-refractivity contribution in [2.75, 3.05) is 0 Å². The highest BCUT2D eigenvalue weighted by atomic mass is 19.1. The highest BCUT2D eigenvalue weighted by molar-refractivity contribution is 5.32. The minimum atomic E-state index is -0.809. The highest BCUT2D eigenvalue weighted by Gasteiger charge is 2.36. The van der Waals surface area contributed by atoms with Gasteiger partial charge in [0.15, 0.2) is 0 Å². The molecule has 1 aromatic carbocycles. The quantitative estimate of drug-likeness (QED) is 0.790. The molecule has 0 spiro atoms. The van der Waals surface area contributed by atoms with Crippen LogP contribution in [0, 0.1) is 12.2 Å². The topological polar surface area (TPSA) is 20.2 Å². The molecule has 0 aromatic heterocycles. The Morgan fingerprint density at radius 2 is 2.00 bits per heavy atom. The van der Waals surface area contributed by atoms with E-state index in [0.717, 1.165) is 0 Å². The van der Waals surface area contributed by atoms with Gasteiger partial charge < -0.3 is 5.11 Å². The molecule has 1 saturated carbocycles. The molecule has 0 bridgehead atoms. The zero-order valence-electron chi connectivity index (χ0n) is 9.13. The maximum Gasteiger partial charge on any atom is 0.127 e. The van der Waals surface area contributed by atoms with Crippen LogP contribution in [-0.2, 0) is 5.60 Å². The van der Waals surface area contributed by atoms with Crippen LogP contribution in [0.5, 0.6) is 0 Å². The minimum Gasteiger partial charge on any atom is -0.385 e. The van der Waals surface area contributed by atoms with E-state index in [-0.39, 0.29) is 11.7 Å². The van der Waals surface area contributed by atoms with Crippen molar-refractivity contribution < 1.29 is 9.50 Å². The van der Waals surface area contributed by atoms with E-state index in [2.05, 4.69) is 0 Å². The van der Waals surface area contributed by atoms with Crippen molar-refractivity contribution in [2.45, 2.75) is 38.2 Å². The first-order valence-electron chi connectivity index (χ1n) is 5.37. The minimum absolute atomic E-state index is 0.182. The second-order valence-corrected chi connectivity index (χ2v) is 4.62. The summed E-state index contributed by atoms with van der Waals surface area (Å²) in [5.41, 5.74) is 0.605. The molecule has 0 atom stereocenters. The third-order valence-corrected chi connectivity index (χ3v) is 3.12. The predicted molar refractivity (Wildman–Crippen MR) is 57.9 cm³/mol. The van der Waals surface area contributed by atoms with Crippen LogP contribution in [0.1, 0.15) is 43.7 Å². The fraction of sp³-hybridized carbons (Fsp3) is 0.462. The number of aliphatic hydroxyl groups is 1. The smallest absolute Gasteiger partial charge is 0.127 e. The number of hydrogen-bond donors (Lipinski definition) is 1. The van der Waals surface area contributed by atoms with E-state index in [0.29, 0.717) is 24.0 Å². The lowest BCUT2D eigenvalue weighted by molar-refractivity contribution is -0.00602. The molecule has 0 unspecified atom stereocenters. The van der Waals surface area contributed by atoms with Crippen molar-refractivity contribution in [1.29, 1.82) is 0 Å². The molecule has 1 N–H and O–H groups in total. The first-order valence-corrected chi connectivity index (χ1v) is 5.37. The summed E-state index contributed by atoms with van der Waals surface area (Å²) in [7, 11) is 0. The standard InChI is InChI=1S/C13H16FO/c1-9(2)11-5-4-10(8-12(11)14)13(15)6-3-7-13/h3-5,8-9,15H,6-7H2,1-2H3. The van der Waals surface area contributed by atoms with Crippen LogP contribution in [-0.4, -0.2) is 5.11 Å². The van der Waals surface area contributed by atoms with Crippen molar-refractivity contribution in [1.82, 2.24) is 0 Å². The Balaban J connectivity index is 2.33. The molecule has 0 amide bonds. The van der Waals surface area contributed by atoms with E-state index < -0.39 is 5.60 Å². The van der Waals surface area contributed by atoms with Crippen molar-refractivity contribution in [2.24, 2.45) is 0 Å².